The number of nitrogen functional groups attached to an aromatic ring is 1. The SMILES string of the molecule is CCOC(=O)c1ncn(C(C)c2ccc(C)s2)c1N. The van der Waals surface area contributed by atoms with E-state index in [2.05, 4.69) is 24.0 Å². The van der Waals surface area contributed by atoms with Gasteiger partial charge in [-0.05, 0) is 32.9 Å². The van der Waals surface area contributed by atoms with Crippen LogP contribution in [0.1, 0.15) is 40.1 Å². The molecule has 0 saturated carbocycles. The quantitative estimate of drug-likeness (QED) is 0.873. The first-order valence-corrected chi connectivity index (χ1v) is 6.92. The molecule has 0 spiro atoms. The summed E-state index contributed by atoms with van der Waals surface area (Å²) in [4.78, 5) is 18.1. The Labute approximate surface area is 116 Å². The molecule has 0 aromatic carbocycles. The molecule has 2 N–H and O–H groups in total. The number of aromatic nitrogens is 2. The number of esters is 1. The summed E-state index contributed by atoms with van der Waals surface area (Å²) in [7, 11) is 0. The first-order chi connectivity index (χ1) is 9.04. The number of hydrogen-bond acceptors (Lipinski definition) is 5. The lowest BCUT2D eigenvalue weighted by atomic mass is 10.2. The van der Waals surface area contributed by atoms with Crippen LogP contribution in [-0.4, -0.2) is 22.1 Å². The molecule has 0 saturated heterocycles. The first kappa shape index (κ1) is 13.6. The topological polar surface area (TPSA) is 70.1 Å². The van der Waals surface area contributed by atoms with E-state index in [4.69, 9.17) is 10.5 Å². The Morgan fingerprint density at radius 3 is 2.89 bits per heavy atom. The predicted octanol–water partition coefficient (Wildman–Crippen LogP) is 2.62. The molecule has 1 atom stereocenters. The average molecular weight is 279 g/mol. The summed E-state index contributed by atoms with van der Waals surface area (Å²) >= 11 is 1.71. The lowest BCUT2D eigenvalue weighted by Crippen LogP contribution is -2.12. The van der Waals surface area contributed by atoms with Crippen molar-refractivity contribution in [2.24, 2.45) is 0 Å². The van der Waals surface area contributed by atoms with Gasteiger partial charge < -0.3 is 15.0 Å². The summed E-state index contributed by atoms with van der Waals surface area (Å²) in [5.41, 5.74) is 6.17. The van der Waals surface area contributed by atoms with Crippen molar-refractivity contribution >= 4 is 23.1 Å². The van der Waals surface area contributed by atoms with Gasteiger partial charge in [0.15, 0.2) is 5.69 Å². The van der Waals surface area contributed by atoms with Crippen molar-refractivity contribution in [1.29, 1.82) is 0 Å². The van der Waals surface area contributed by atoms with Gasteiger partial charge in [0.25, 0.3) is 0 Å². The van der Waals surface area contributed by atoms with Crippen molar-refractivity contribution < 1.29 is 9.53 Å². The molecule has 6 heteroatoms. The smallest absolute Gasteiger partial charge is 0.360 e. The van der Waals surface area contributed by atoms with Crippen LogP contribution in [-0.2, 0) is 4.74 Å². The molecule has 0 fully saturated rings. The van der Waals surface area contributed by atoms with Crippen LogP contribution in [0.2, 0.25) is 0 Å². The second kappa shape index (κ2) is 5.44. The van der Waals surface area contributed by atoms with E-state index < -0.39 is 5.97 Å². The van der Waals surface area contributed by atoms with Crippen LogP contribution in [0.5, 0.6) is 0 Å². The highest BCUT2D eigenvalue weighted by atomic mass is 32.1. The van der Waals surface area contributed by atoms with Crippen LogP contribution in [0, 0.1) is 6.92 Å². The fourth-order valence-corrected chi connectivity index (χ4v) is 2.78. The fraction of sp³-hybridized carbons (Fsp3) is 0.385. The van der Waals surface area contributed by atoms with Crippen LogP contribution in [0.3, 0.4) is 0 Å². The normalized spacial score (nSPS) is 12.4. The van der Waals surface area contributed by atoms with Crippen LogP contribution in [0.15, 0.2) is 18.5 Å². The molecule has 102 valence electrons. The zero-order valence-electron chi connectivity index (χ0n) is 11.2. The van der Waals surface area contributed by atoms with Crippen LogP contribution < -0.4 is 5.73 Å². The van der Waals surface area contributed by atoms with Gasteiger partial charge in [0, 0.05) is 9.75 Å². The van der Waals surface area contributed by atoms with Crippen LogP contribution in [0.25, 0.3) is 0 Å². The molecule has 0 radical (unpaired) electrons. The van der Waals surface area contributed by atoms with Gasteiger partial charge in [-0.1, -0.05) is 0 Å². The molecule has 2 aromatic rings. The summed E-state index contributed by atoms with van der Waals surface area (Å²) in [5, 5.41) is 0. The number of rotatable bonds is 4. The van der Waals surface area contributed by atoms with Crippen molar-refractivity contribution in [3.05, 3.63) is 33.9 Å². The number of imidazole rings is 1. The molecule has 19 heavy (non-hydrogen) atoms. The van der Waals surface area contributed by atoms with Gasteiger partial charge >= 0.3 is 5.97 Å². The number of nitrogens with two attached hydrogens (primary N) is 1. The van der Waals surface area contributed by atoms with Gasteiger partial charge in [-0.3, -0.25) is 0 Å². The van der Waals surface area contributed by atoms with E-state index in [-0.39, 0.29) is 11.7 Å². The number of carbonyl (C=O) groups excluding carboxylic acids is 1. The van der Waals surface area contributed by atoms with Gasteiger partial charge in [-0.15, -0.1) is 11.3 Å². The van der Waals surface area contributed by atoms with E-state index in [0.29, 0.717) is 12.4 Å². The number of anilines is 1. The van der Waals surface area contributed by atoms with Gasteiger partial charge in [0.1, 0.15) is 5.82 Å². The van der Waals surface area contributed by atoms with Crippen molar-refractivity contribution in [3.8, 4) is 0 Å². The molecule has 2 rings (SSSR count). The third kappa shape index (κ3) is 2.63. The number of aryl methyl sites for hydroxylation is 1. The maximum Gasteiger partial charge on any atom is 0.360 e. The summed E-state index contributed by atoms with van der Waals surface area (Å²) in [6, 6.07) is 4.18. The van der Waals surface area contributed by atoms with Crippen LogP contribution >= 0.6 is 11.3 Å². The van der Waals surface area contributed by atoms with E-state index in [1.807, 2.05) is 6.92 Å². The standard InChI is InChI=1S/C13H17N3O2S/c1-4-18-13(17)11-12(14)16(7-15-11)9(3)10-6-5-8(2)19-10/h5-7,9H,4,14H2,1-3H3. The summed E-state index contributed by atoms with van der Waals surface area (Å²) < 4.78 is 6.71. The number of nitrogens with zero attached hydrogens (tertiary/aromatic N) is 2. The number of hydrogen-bond donors (Lipinski definition) is 1. The Morgan fingerprint density at radius 1 is 1.58 bits per heavy atom. The molecular weight excluding hydrogens is 262 g/mol. The molecule has 0 bridgehead atoms. The third-order valence-electron chi connectivity index (χ3n) is 2.89. The minimum atomic E-state index is -0.478. The second-order valence-electron chi connectivity index (χ2n) is 4.23. The first-order valence-electron chi connectivity index (χ1n) is 6.10. The van der Waals surface area contributed by atoms with E-state index in [9.17, 15) is 4.79 Å². The zero-order valence-corrected chi connectivity index (χ0v) is 12.0. The third-order valence-corrected chi connectivity index (χ3v) is 4.06. The Morgan fingerprint density at radius 2 is 2.32 bits per heavy atom. The highest BCUT2D eigenvalue weighted by Crippen LogP contribution is 2.28. The summed E-state index contributed by atoms with van der Waals surface area (Å²) in [6.07, 6.45) is 1.58. The molecule has 0 aliphatic heterocycles. The molecule has 2 heterocycles. The maximum atomic E-state index is 11.7. The van der Waals surface area contributed by atoms with E-state index in [1.54, 1.807) is 29.2 Å². The van der Waals surface area contributed by atoms with Crippen molar-refractivity contribution in [2.45, 2.75) is 26.8 Å². The zero-order chi connectivity index (χ0) is 14.0. The van der Waals surface area contributed by atoms with Gasteiger partial charge in [0.05, 0.1) is 19.0 Å². The Bertz CT molecular complexity index is 588. The second-order valence-corrected chi connectivity index (χ2v) is 5.55. The molecule has 0 aliphatic rings. The number of carbonyl (C=O) groups is 1. The Hall–Kier alpha value is -1.82. The molecule has 0 amide bonds. The van der Waals surface area contributed by atoms with Gasteiger partial charge in [-0.25, -0.2) is 9.78 Å². The fourth-order valence-electron chi connectivity index (χ4n) is 1.85. The largest absolute Gasteiger partial charge is 0.461 e. The monoisotopic (exact) mass is 279 g/mol. The van der Waals surface area contributed by atoms with Gasteiger partial charge in [0.2, 0.25) is 0 Å². The Balaban J connectivity index is 2.29. The van der Waals surface area contributed by atoms with Gasteiger partial charge in [-0.2, -0.15) is 0 Å². The van der Waals surface area contributed by atoms with Crippen molar-refractivity contribution in [1.82, 2.24) is 9.55 Å². The Kier molecular flexibility index (Phi) is 3.90. The summed E-state index contributed by atoms with van der Waals surface area (Å²) in [5.74, 6) is -0.134. The summed E-state index contributed by atoms with van der Waals surface area (Å²) in [6.45, 7) is 6.15. The molecular formula is C13H17N3O2S. The van der Waals surface area contributed by atoms with Crippen LogP contribution in [0.4, 0.5) is 5.82 Å². The maximum absolute atomic E-state index is 11.7. The van der Waals surface area contributed by atoms with Crippen molar-refractivity contribution in [2.75, 3.05) is 12.3 Å². The minimum absolute atomic E-state index is 0.0503. The molecule has 0 aliphatic carbocycles. The number of thiophene rings is 1. The minimum Gasteiger partial charge on any atom is -0.461 e. The van der Waals surface area contributed by atoms with E-state index in [0.717, 1.165) is 0 Å². The van der Waals surface area contributed by atoms with Crippen molar-refractivity contribution in [3.63, 3.8) is 0 Å². The lowest BCUT2D eigenvalue weighted by molar-refractivity contribution is 0.0521. The highest BCUT2D eigenvalue weighted by Gasteiger charge is 2.20. The molecule has 5 nitrogen and oxygen atoms in total. The number of ether oxygens (including phenoxy) is 1. The van der Waals surface area contributed by atoms with E-state index >= 15 is 0 Å². The highest BCUT2D eigenvalue weighted by molar-refractivity contribution is 7.12. The van der Waals surface area contributed by atoms with E-state index in [1.165, 1.54) is 9.75 Å². The average Bonchev–Trinajstić information content (AvgIpc) is 2.95. The lowest BCUT2D eigenvalue weighted by Gasteiger charge is -2.13. The predicted molar refractivity (Wildman–Crippen MR) is 75.5 cm³/mol. The molecule has 2 aromatic heterocycles. The molecule has 1 unspecified atom stereocenters.